The number of nitrogens with zero attached hydrogens (tertiary/aromatic N) is 3. The van der Waals surface area contributed by atoms with Crippen LogP contribution in [0.25, 0.3) is 0 Å². The summed E-state index contributed by atoms with van der Waals surface area (Å²) in [6.07, 6.45) is 3.67. The first-order valence-electron chi connectivity index (χ1n) is 9.17. The van der Waals surface area contributed by atoms with Crippen LogP contribution in [0.2, 0.25) is 0 Å². The Morgan fingerprint density at radius 1 is 1.27 bits per heavy atom. The van der Waals surface area contributed by atoms with Gasteiger partial charge in [0.05, 0.1) is 0 Å². The zero-order chi connectivity index (χ0) is 18.1. The Kier molecular flexibility index (Phi) is 4.44. The predicted molar refractivity (Wildman–Crippen MR) is 99.2 cm³/mol. The Morgan fingerprint density at radius 2 is 2.04 bits per heavy atom. The van der Waals surface area contributed by atoms with E-state index >= 15 is 0 Å². The second-order valence-electron chi connectivity index (χ2n) is 7.32. The quantitative estimate of drug-likeness (QED) is 0.702. The molecule has 26 heavy (non-hydrogen) atoms. The number of anilines is 2. The number of hydrogen-bond donors (Lipinski definition) is 3. The summed E-state index contributed by atoms with van der Waals surface area (Å²) in [5.41, 5.74) is 6.83. The number of nitrogens with two attached hydrogens (primary N) is 1. The molecule has 136 valence electrons. The first-order valence-corrected chi connectivity index (χ1v) is 9.17. The molecule has 2 saturated carbocycles. The van der Waals surface area contributed by atoms with Gasteiger partial charge in [0.25, 0.3) is 0 Å². The number of aromatic nitrogens is 3. The van der Waals surface area contributed by atoms with Crippen molar-refractivity contribution in [1.82, 2.24) is 20.3 Å². The second kappa shape index (κ2) is 6.90. The van der Waals surface area contributed by atoms with Crippen LogP contribution in [0.5, 0.6) is 0 Å². The first-order chi connectivity index (χ1) is 12.6. The molecular weight excluding hydrogens is 328 g/mol. The smallest absolute Gasteiger partial charge is 0.227 e. The minimum Gasteiger partial charge on any atom is -0.368 e. The van der Waals surface area contributed by atoms with Gasteiger partial charge in [-0.05, 0) is 36.2 Å². The molecule has 0 aliphatic heterocycles. The maximum atomic E-state index is 12.8. The molecule has 0 saturated heterocycles. The van der Waals surface area contributed by atoms with E-state index in [9.17, 15) is 4.79 Å². The topological polar surface area (TPSA) is 106 Å². The van der Waals surface area contributed by atoms with E-state index in [0.717, 1.165) is 12.8 Å². The zero-order valence-corrected chi connectivity index (χ0v) is 14.8. The summed E-state index contributed by atoms with van der Waals surface area (Å²) >= 11 is 0. The van der Waals surface area contributed by atoms with Crippen LogP contribution in [0.4, 0.5) is 11.9 Å². The summed E-state index contributed by atoms with van der Waals surface area (Å²) < 4.78 is 0. The summed E-state index contributed by atoms with van der Waals surface area (Å²) in [4.78, 5) is 24.7. The maximum Gasteiger partial charge on any atom is 0.227 e. The fourth-order valence-corrected chi connectivity index (χ4v) is 3.76. The van der Waals surface area contributed by atoms with Gasteiger partial charge in [-0.2, -0.15) is 4.98 Å². The lowest BCUT2D eigenvalue weighted by molar-refractivity contribution is -0.123. The lowest BCUT2D eigenvalue weighted by Gasteiger charge is -2.19. The van der Waals surface area contributed by atoms with E-state index in [-0.39, 0.29) is 23.8 Å². The van der Waals surface area contributed by atoms with Crippen LogP contribution in [0.15, 0.2) is 36.7 Å². The average Bonchev–Trinajstić information content (AvgIpc) is 3.55. The van der Waals surface area contributed by atoms with E-state index in [4.69, 9.17) is 5.73 Å². The molecule has 2 aliphatic rings. The monoisotopic (exact) mass is 352 g/mol. The Morgan fingerprint density at radius 3 is 2.73 bits per heavy atom. The fourth-order valence-electron chi connectivity index (χ4n) is 3.76. The number of rotatable bonds is 7. The number of nitrogens with one attached hydrogen (secondary N) is 2. The van der Waals surface area contributed by atoms with Crippen molar-refractivity contribution in [1.29, 1.82) is 0 Å². The van der Waals surface area contributed by atoms with Crippen molar-refractivity contribution in [2.75, 3.05) is 17.6 Å². The van der Waals surface area contributed by atoms with Gasteiger partial charge in [-0.15, -0.1) is 0 Å². The van der Waals surface area contributed by atoms with Crippen molar-refractivity contribution >= 4 is 17.8 Å². The van der Waals surface area contributed by atoms with Crippen LogP contribution >= 0.6 is 0 Å². The Bertz CT molecular complexity index is 779. The summed E-state index contributed by atoms with van der Waals surface area (Å²) in [6.45, 7) is 2.75. The number of amides is 1. The van der Waals surface area contributed by atoms with E-state index in [0.29, 0.717) is 30.2 Å². The molecule has 1 amide bonds. The van der Waals surface area contributed by atoms with Crippen LogP contribution in [-0.2, 0) is 4.79 Å². The number of carbonyl (C=O) groups is 1. The van der Waals surface area contributed by atoms with E-state index in [1.165, 1.54) is 11.9 Å². The van der Waals surface area contributed by atoms with Crippen LogP contribution in [0.1, 0.15) is 31.2 Å². The number of carbonyl (C=O) groups excluding carboxylic acids is 1. The molecule has 4 N–H and O–H groups in total. The van der Waals surface area contributed by atoms with Gasteiger partial charge in [0.15, 0.2) is 0 Å². The minimum atomic E-state index is 0.0615. The summed E-state index contributed by atoms with van der Waals surface area (Å²) in [6, 6.07) is 10.4. The lowest BCUT2D eigenvalue weighted by atomic mass is 10.1. The van der Waals surface area contributed by atoms with Gasteiger partial charge in [0.1, 0.15) is 6.33 Å². The van der Waals surface area contributed by atoms with Crippen molar-refractivity contribution in [2.24, 2.45) is 17.8 Å². The van der Waals surface area contributed by atoms with Gasteiger partial charge in [-0.1, -0.05) is 37.3 Å². The van der Waals surface area contributed by atoms with Crippen LogP contribution in [0, 0.1) is 17.8 Å². The van der Waals surface area contributed by atoms with E-state index in [1.807, 2.05) is 18.2 Å². The summed E-state index contributed by atoms with van der Waals surface area (Å²) in [7, 11) is 0. The van der Waals surface area contributed by atoms with Crippen molar-refractivity contribution in [3.63, 3.8) is 0 Å². The highest BCUT2D eigenvalue weighted by atomic mass is 16.2. The summed E-state index contributed by atoms with van der Waals surface area (Å²) in [5.74, 6) is 2.08. The Hall–Kier alpha value is -2.70. The highest BCUT2D eigenvalue weighted by Gasteiger charge is 2.52. The molecule has 2 fully saturated rings. The highest BCUT2D eigenvalue weighted by molar-refractivity contribution is 5.84. The Balaban J connectivity index is 1.36. The SMILES string of the molecule is CC1C(C(=O)NC(CNc2ncnc(N)n2)C2CC2)C1c1ccccc1. The van der Waals surface area contributed by atoms with Gasteiger partial charge >= 0.3 is 0 Å². The molecule has 1 heterocycles. The molecule has 7 heteroatoms. The van der Waals surface area contributed by atoms with E-state index in [1.54, 1.807) is 0 Å². The molecule has 0 spiro atoms. The molecular formula is C19H24N6O. The van der Waals surface area contributed by atoms with Gasteiger partial charge < -0.3 is 16.4 Å². The maximum absolute atomic E-state index is 12.8. The number of benzene rings is 1. The normalized spacial score (nSPS) is 25.3. The third-order valence-corrected chi connectivity index (χ3v) is 5.46. The molecule has 4 atom stereocenters. The van der Waals surface area contributed by atoms with Gasteiger partial charge in [-0.3, -0.25) is 4.79 Å². The third kappa shape index (κ3) is 3.61. The number of nitrogen functional groups attached to an aromatic ring is 1. The molecule has 2 aliphatic carbocycles. The van der Waals surface area contributed by atoms with Crippen LogP contribution < -0.4 is 16.4 Å². The molecule has 2 aromatic rings. The molecule has 4 unspecified atom stereocenters. The van der Waals surface area contributed by atoms with Crippen LogP contribution in [-0.4, -0.2) is 33.4 Å². The van der Waals surface area contributed by atoms with Gasteiger partial charge in [0.2, 0.25) is 17.8 Å². The zero-order valence-electron chi connectivity index (χ0n) is 14.8. The minimum absolute atomic E-state index is 0.0615. The molecule has 0 bridgehead atoms. The molecule has 7 nitrogen and oxygen atoms in total. The molecule has 1 aromatic carbocycles. The largest absolute Gasteiger partial charge is 0.368 e. The van der Waals surface area contributed by atoms with Crippen molar-refractivity contribution < 1.29 is 4.79 Å². The molecule has 0 radical (unpaired) electrons. The van der Waals surface area contributed by atoms with E-state index < -0.39 is 0 Å². The molecule has 1 aromatic heterocycles. The van der Waals surface area contributed by atoms with Gasteiger partial charge in [-0.25, -0.2) is 9.97 Å². The predicted octanol–water partition coefficient (Wildman–Crippen LogP) is 1.81. The summed E-state index contributed by atoms with van der Waals surface area (Å²) in [5, 5.41) is 6.42. The fraction of sp³-hybridized carbons (Fsp3) is 0.474. The number of hydrogen-bond acceptors (Lipinski definition) is 6. The standard InChI is InChI=1S/C19H24N6O/c1-11-15(13-5-3-2-4-6-13)16(11)17(26)24-14(12-7-8-12)9-21-19-23-10-22-18(20)25-19/h2-6,10-12,14-16H,7-9H2,1H3,(H,24,26)(H3,20,21,22,23,25). The second-order valence-corrected chi connectivity index (χ2v) is 7.32. The van der Waals surface area contributed by atoms with Crippen molar-refractivity contribution in [3.8, 4) is 0 Å². The third-order valence-electron chi connectivity index (χ3n) is 5.46. The average molecular weight is 352 g/mol. The highest BCUT2D eigenvalue weighted by Crippen LogP contribution is 2.53. The van der Waals surface area contributed by atoms with Crippen LogP contribution in [0.3, 0.4) is 0 Å². The first kappa shape index (κ1) is 16.8. The Labute approximate surface area is 152 Å². The van der Waals surface area contributed by atoms with Gasteiger partial charge in [0, 0.05) is 18.5 Å². The lowest BCUT2D eigenvalue weighted by Crippen LogP contribution is -2.42. The van der Waals surface area contributed by atoms with Crippen molar-refractivity contribution in [2.45, 2.75) is 31.7 Å². The molecule has 4 rings (SSSR count). The van der Waals surface area contributed by atoms with Crippen molar-refractivity contribution in [3.05, 3.63) is 42.2 Å². The van der Waals surface area contributed by atoms with E-state index in [2.05, 4.69) is 44.6 Å².